The van der Waals surface area contributed by atoms with Crippen LogP contribution in [0.4, 0.5) is 0 Å². The number of hydrogen-bond acceptors (Lipinski definition) is 1. The normalized spacial score (nSPS) is 11.7. The van der Waals surface area contributed by atoms with Crippen LogP contribution in [0.1, 0.15) is 11.3 Å². The second-order valence-electron chi connectivity index (χ2n) is 6.49. The lowest BCUT2D eigenvalue weighted by Gasteiger charge is -2.07. The topological polar surface area (TPSA) is 12.9 Å². The molecule has 122 valence electrons. The highest BCUT2D eigenvalue weighted by molar-refractivity contribution is 6.11. The summed E-state index contributed by atoms with van der Waals surface area (Å²) < 4.78 is 0. The van der Waals surface area contributed by atoms with Crippen LogP contribution >= 0.6 is 0 Å². The van der Waals surface area contributed by atoms with Gasteiger partial charge in [-0.05, 0) is 51.4 Å². The van der Waals surface area contributed by atoms with E-state index in [0.29, 0.717) is 0 Å². The fourth-order valence-electron chi connectivity index (χ4n) is 3.57. The molecule has 1 heteroatoms. The summed E-state index contributed by atoms with van der Waals surface area (Å²) in [6.45, 7) is 0. The van der Waals surface area contributed by atoms with Crippen LogP contribution in [0.2, 0.25) is 0 Å². The van der Waals surface area contributed by atoms with Gasteiger partial charge in [-0.3, -0.25) is 0 Å². The SMILES string of the molecule is C(=C\c1cc2ccccc2c2ccccc12)/c1ccc2ccccc2n1. The summed E-state index contributed by atoms with van der Waals surface area (Å²) >= 11 is 0. The Bertz CT molecular complexity index is 1280. The summed E-state index contributed by atoms with van der Waals surface area (Å²) in [5, 5.41) is 6.28. The van der Waals surface area contributed by atoms with E-state index in [9.17, 15) is 0 Å². The van der Waals surface area contributed by atoms with Crippen LogP contribution in [0.15, 0.2) is 91.0 Å². The third-order valence-corrected chi connectivity index (χ3v) is 4.85. The summed E-state index contributed by atoms with van der Waals surface area (Å²) in [5.74, 6) is 0. The summed E-state index contributed by atoms with van der Waals surface area (Å²) in [7, 11) is 0. The average molecular weight is 331 g/mol. The zero-order valence-corrected chi connectivity index (χ0v) is 14.3. The first kappa shape index (κ1) is 14.9. The van der Waals surface area contributed by atoms with Gasteiger partial charge in [0.15, 0.2) is 0 Å². The van der Waals surface area contributed by atoms with Gasteiger partial charge in [0.05, 0.1) is 11.2 Å². The van der Waals surface area contributed by atoms with E-state index >= 15 is 0 Å². The van der Waals surface area contributed by atoms with Crippen LogP contribution in [0.5, 0.6) is 0 Å². The molecule has 0 bridgehead atoms. The molecule has 26 heavy (non-hydrogen) atoms. The smallest absolute Gasteiger partial charge is 0.0709 e. The fourth-order valence-corrected chi connectivity index (χ4v) is 3.57. The molecule has 0 amide bonds. The van der Waals surface area contributed by atoms with E-state index in [-0.39, 0.29) is 0 Å². The Morgan fingerprint density at radius 2 is 1.23 bits per heavy atom. The molecule has 0 N–H and O–H groups in total. The number of rotatable bonds is 2. The molecule has 0 aliphatic carbocycles. The largest absolute Gasteiger partial charge is 0.248 e. The number of fused-ring (bicyclic) bond motifs is 4. The van der Waals surface area contributed by atoms with Crippen molar-refractivity contribution in [3.63, 3.8) is 0 Å². The molecule has 0 atom stereocenters. The highest BCUT2D eigenvalue weighted by Crippen LogP contribution is 2.29. The van der Waals surface area contributed by atoms with Crippen LogP contribution in [-0.2, 0) is 0 Å². The van der Waals surface area contributed by atoms with Gasteiger partial charge in [-0.15, -0.1) is 0 Å². The minimum atomic E-state index is 0.973. The highest BCUT2D eigenvalue weighted by Gasteiger charge is 2.04. The van der Waals surface area contributed by atoms with Crippen LogP contribution in [0.25, 0.3) is 44.6 Å². The molecular weight excluding hydrogens is 314 g/mol. The third-order valence-electron chi connectivity index (χ3n) is 4.85. The third kappa shape index (κ3) is 2.55. The van der Waals surface area contributed by atoms with Crippen LogP contribution in [0, 0.1) is 0 Å². The Balaban J connectivity index is 1.66. The number of hydrogen-bond donors (Lipinski definition) is 0. The Kier molecular flexibility index (Phi) is 3.50. The second kappa shape index (κ2) is 6.12. The Morgan fingerprint density at radius 3 is 2.12 bits per heavy atom. The van der Waals surface area contributed by atoms with Crippen LogP contribution < -0.4 is 0 Å². The lowest BCUT2D eigenvalue weighted by atomic mass is 9.97. The van der Waals surface area contributed by atoms with E-state index in [0.717, 1.165) is 11.2 Å². The van der Waals surface area contributed by atoms with Crippen molar-refractivity contribution in [1.29, 1.82) is 0 Å². The van der Waals surface area contributed by atoms with Crippen molar-refractivity contribution in [2.75, 3.05) is 0 Å². The first-order valence-corrected chi connectivity index (χ1v) is 8.83. The molecule has 0 fully saturated rings. The van der Waals surface area contributed by atoms with Crippen molar-refractivity contribution in [2.24, 2.45) is 0 Å². The summed E-state index contributed by atoms with van der Waals surface area (Å²) in [6.07, 6.45) is 4.27. The zero-order chi connectivity index (χ0) is 17.3. The van der Waals surface area contributed by atoms with Crippen molar-refractivity contribution >= 4 is 44.6 Å². The van der Waals surface area contributed by atoms with Crippen LogP contribution in [0.3, 0.4) is 0 Å². The predicted octanol–water partition coefficient (Wildman–Crippen LogP) is 6.71. The maximum absolute atomic E-state index is 4.75. The van der Waals surface area contributed by atoms with Gasteiger partial charge < -0.3 is 0 Å². The first-order chi connectivity index (χ1) is 12.9. The minimum absolute atomic E-state index is 0.973. The van der Waals surface area contributed by atoms with Gasteiger partial charge in [-0.2, -0.15) is 0 Å². The molecule has 5 rings (SSSR count). The number of nitrogens with zero attached hydrogens (tertiary/aromatic N) is 1. The molecule has 0 spiro atoms. The van der Waals surface area contributed by atoms with Crippen molar-refractivity contribution < 1.29 is 0 Å². The molecule has 0 radical (unpaired) electrons. The van der Waals surface area contributed by atoms with Crippen LogP contribution in [-0.4, -0.2) is 4.98 Å². The van der Waals surface area contributed by atoms with Gasteiger partial charge in [0.2, 0.25) is 0 Å². The highest BCUT2D eigenvalue weighted by atomic mass is 14.7. The predicted molar refractivity (Wildman–Crippen MR) is 112 cm³/mol. The molecule has 0 saturated carbocycles. The average Bonchev–Trinajstić information content (AvgIpc) is 2.72. The molecule has 0 unspecified atom stereocenters. The van der Waals surface area contributed by atoms with Gasteiger partial charge in [0, 0.05) is 5.39 Å². The standard InChI is InChI=1S/C25H17N/c1-3-9-22-19(8-1)17-20(23-10-4-5-11-24(22)23)14-16-21-15-13-18-7-2-6-12-25(18)26-21/h1-17H/b16-14+. The monoisotopic (exact) mass is 331 g/mol. The van der Waals surface area contributed by atoms with Crippen molar-refractivity contribution in [2.45, 2.75) is 0 Å². The Labute approximate surface area is 152 Å². The van der Waals surface area contributed by atoms with E-state index in [1.54, 1.807) is 0 Å². The number of aromatic nitrogens is 1. The summed E-state index contributed by atoms with van der Waals surface area (Å²) in [6, 6.07) is 31.8. The van der Waals surface area contributed by atoms with Gasteiger partial charge in [-0.1, -0.05) is 78.9 Å². The maximum atomic E-state index is 4.75. The number of benzene rings is 4. The quantitative estimate of drug-likeness (QED) is 0.327. The van der Waals surface area contributed by atoms with E-state index in [2.05, 4.69) is 91.0 Å². The molecule has 1 aromatic heterocycles. The molecular formula is C25H17N. The number of para-hydroxylation sites is 1. The first-order valence-electron chi connectivity index (χ1n) is 8.83. The number of pyridine rings is 1. The van der Waals surface area contributed by atoms with Gasteiger partial charge >= 0.3 is 0 Å². The molecule has 5 aromatic rings. The second-order valence-corrected chi connectivity index (χ2v) is 6.49. The molecule has 0 aliphatic heterocycles. The van der Waals surface area contributed by atoms with Gasteiger partial charge in [0.25, 0.3) is 0 Å². The fraction of sp³-hybridized carbons (Fsp3) is 0. The molecule has 0 saturated heterocycles. The van der Waals surface area contributed by atoms with Gasteiger partial charge in [-0.25, -0.2) is 4.98 Å². The Morgan fingerprint density at radius 1 is 0.538 bits per heavy atom. The molecule has 0 aliphatic rings. The minimum Gasteiger partial charge on any atom is -0.248 e. The van der Waals surface area contributed by atoms with Crippen molar-refractivity contribution in [3.05, 3.63) is 102 Å². The lowest BCUT2D eigenvalue weighted by Crippen LogP contribution is -1.84. The molecule has 1 heterocycles. The van der Waals surface area contributed by atoms with E-state index in [1.807, 2.05) is 12.1 Å². The lowest BCUT2D eigenvalue weighted by molar-refractivity contribution is 1.37. The van der Waals surface area contributed by atoms with Gasteiger partial charge in [0.1, 0.15) is 0 Å². The maximum Gasteiger partial charge on any atom is 0.0709 e. The Hall–Kier alpha value is -3.45. The molecule has 4 aromatic carbocycles. The zero-order valence-electron chi connectivity index (χ0n) is 14.3. The summed E-state index contributed by atoms with van der Waals surface area (Å²) in [5.41, 5.74) is 3.22. The molecule has 1 nitrogen and oxygen atoms in total. The van der Waals surface area contributed by atoms with E-state index in [4.69, 9.17) is 4.98 Å². The van der Waals surface area contributed by atoms with Crippen molar-refractivity contribution in [1.82, 2.24) is 4.98 Å². The summed E-state index contributed by atoms with van der Waals surface area (Å²) in [4.78, 5) is 4.75. The van der Waals surface area contributed by atoms with E-state index in [1.165, 1.54) is 32.5 Å². The van der Waals surface area contributed by atoms with E-state index < -0.39 is 0 Å². The van der Waals surface area contributed by atoms with Crippen molar-refractivity contribution in [3.8, 4) is 0 Å².